The van der Waals surface area contributed by atoms with Crippen LogP contribution in [0.4, 0.5) is 0 Å². The summed E-state index contributed by atoms with van der Waals surface area (Å²) in [7, 11) is 0. The van der Waals surface area contributed by atoms with Gasteiger partial charge in [0, 0.05) is 15.2 Å². The molecule has 0 aliphatic rings. The number of hydrogen-bond donors (Lipinski definition) is 0. The molecule has 0 nitrogen and oxygen atoms in total. The number of rotatable bonds is 4. The summed E-state index contributed by atoms with van der Waals surface area (Å²) in [4.78, 5) is 2.59. The summed E-state index contributed by atoms with van der Waals surface area (Å²) in [6.45, 7) is 13.0. The first kappa shape index (κ1) is 35.4. The van der Waals surface area contributed by atoms with E-state index in [4.69, 9.17) is 0 Å². The van der Waals surface area contributed by atoms with Gasteiger partial charge in [-0.25, -0.2) is 0 Å². The molecule has 0 saturated carbocycles. The lowest BCUT2D eigenvalue weighted by molar-refractivity contribution is 0.640. The zero-order valence-corrected chi connectivity index (χ0v) is 21.0. The molecule has 0 atom stereocenters. The van der Waals surface area contributed by atoms with Gasteiger partial charge in [0.15, 0.2) is 0 Å². The molecule has 0 aliphatic carbocycles. The van der Waals surface area contributed by atoms with E-state index in [-0.39, 0.29) is 35.1 Å². The molecule has 0 radical (unpaired) electrons. The van der Waals surface area contributed by atoms with Crippen LogP contribution in [-0.2, 0) is 5.41 Å². The highest BCUT2D eigenvalue weighted by Gasteiger charge is 2.22. The van der Waals surface area contributed by atoms with Gasteiger partial charge in [0.2, 0.25) is 0 Å². The molecular formula is C35H50S. The van der Waals surface area contributed by atoms with Crippen LogP contribution >= 0.6 is 11.8 Å². The van der Waals surface area contributed by atoms with Gasteiger partial charge < -0.3 is 0 Å². The number of aryl methyl sites for hydroxylation is 4. The summed E-state index contributed by atoms with van der Waals surface area (Å²) in [6.07, 6.45) is 0. The molecule has 0 aliphatic heterocycles. The van der Waals surface area contributed by atoms with Gasteiger partial charge >= 0.3 is 0 Å². The summed E-state index contributed by atoms with van der Waals surface area (Å²) in [5, 5.41) is 0. The van der Waals surface area contributed by atoms with E-state index >= 15 is 0 Å². The third-order valence-corrected chi connectivity index (χ3v) is 6.84. The van der Waals surface area contributed by atoms with Crippen molar-refractivity contribution in [3.63, 3.8) is 0 Å². The molecule has 196 valence electrons. The predicted molar refractivity (Wildman–Crippen MR) is 168 cm³/mol. The second kappa shape index (κ2) is 16.1. The second-order valence-corrected chi connectivity index (χ2v) is 10.2. The zero-order chi connectivity index (χ0) is 23.1. The Morgan fingerprint density at radius 2 is 0.611 bits per heavy atom. The highest BCUT2D eigenvalue weighted by atomic mass is 32.2. The van der Waals surface area contributed by atoms with Crippen LogP contribution in [0.15, 0.2) is 107 Å². The Hall–Kier alpha value is -2.77. The first-order valence-corrected chi connectivity index (χ1v) is 12.0. The molecule has 0 amide bonds. The maximum Gasteiger partial charge on any atom is 0.0146 e. The Balaban J connectivity index is 0. The molecule has 1 heteroatoms. The smallest absolute Gasteiger partial charge is 0.0146 e. The lowest BCUT2D eigenvalue weighted by Crippen LogP contribution is -2.18. The highest BCUT2D eigenvalue weighted by Crippen LogP contribution is 2.31. The summed E-state index contributed by atoms with van der Waals surface area (Å²) in [6, 6.07) is 34.9. The van der Waals surface area contributed by atoms with E-state index in [0.29, 0.717) is 0 Å². The van der Waals surface area contributed by atoms with Gasteiger partial charge in [-0.3, -0.25) is 0 Å². The minimum atomic E-state index is 0. The van der Waals surface area contributed by atoms with Gasteiger partial charge in [-0.1, -0.05) is 150 Å². The zero-order valence-electron chi connectivity index (χ0n) is 20.1. The van der Waals surface area contributed by atoms with Crippen molar-refractivity contribution in [3.8, 4) is 0 Å². The maximum absolute atomic E-state index is 2.28. The third-order valence-electron chi connectivity index (χ3n) is 5.82. The van der Waals surface area contributed by atoms with Crippen LogP contribution in [0.25, 0.3) is 0 Å². The number of hydrogen-bond acceptors (Lipinski definition) is 1. The molecule has 4 aromatic carbocycles. The Kier molecular flexibility index (Phi) is 15.8. The van der Waals surface area contributed by atoms with Crippen LogP contribution in [0, 0.1) is 27.7 Å². The standard InChI is InChI=1S/C17H20.C14H14S.4CH4/c1-13-5-9-15(10-6-13)17(3,4)16-11-7-14(2)8-12-16;1-11-3-7-13(8-4-11)15-14-9-5-12(2)6-10-14;;;;/h5-12H,1-4H3;3-10H,1-2H3;4*1H4. The van der Waals surface area contributed by atoms with Crippen molar-refractivity contribution in [1.82, 2.24) is 0 Å². The van der Waals surface area contributed by atoms with Gasteiger partial charge in [-0.15, -0.1) is 0 Å². The van der Waals surface area contributed by atoms with Crippen LogP contribution < -0.4 is 0 Å². The van der Waals surface area contributed by atoms with Crippen molar-refractivity contribution in [2.75, 3.05) is 0 Å². The molecule has 0 bridgehead atoms. The van der Waals surface area contributed by atoms with Crippen LogP contribution in [-0.4, -0.2) is 0 Å². The lowest BCUT2D eigenvalue weighted by Gasteiger charge is -2.26. The van der Waals surface area contributed by atoms with Gasteiger partial charge in [-0.2, -0.15) is 0 Å². The normalized spacial score (nSPS) is 9.72. The number of benzene rings is 4. The van der Waals surface area contributed by atoms with Gasteiger partial charge in [0.25, 0.3) is 0 Å². The third kappa shape index (κ3) is 10.1. The first-order valence-electron chi connectivity index (χ1n) is 11.2. The Bertz CT molecular complexity index is 1010. The fourth-order valence-electron chi connectivity index (χ4n) is 3.46. The molecule has 0 spiro atoms. The molecule has 0 heterocycles. The molecule has 0 N–H and O–H groups in total. The maximum atomic E-state index is 2.28. The van der Waals surface area contributed by atoms with Crippen molar-refractivity contribution >= 4 is 11.8 Å². The summed E-state index contributed by atoms with van der Waals surface area (Å²) < 4.78 is 0. The fraction of sp³-hybridized carbons (Fsp3) is 0.314. The van der Waals surface area contributed by atoms with Crippen LogP contribution in [0.5, 0.6) is 0 Å². The van der Waals surface area contributed by atoms with Crippen LogP contribution in [0.2, 0.25) is 0 Å². The fourth-order valence-corrected chi connectivity index (χ4v) is 4.27. The SMILES string of the molecule is C.C.C.C.Cc1ccc(C(C)(C)c2ccc(C)cc2)cc1.Cc1ccc(Sc2ccc(C)cc2)cc1. The molecule has 0 aromatic heterocycles. The monoisotopic (exact) mass is 502 g/mol. The highest BCUT2D eigenvalue weighted by molar-refractivity contribution is 7.99. The van der Waals surface area contributed by atoms with Crippen molar-refractivity contribution in [3.05, 3.63) is 130 Å². The van der Waals surface area contributed by atoms with E-state index in [1.807, 2.05) is 0 Å². The summed E-state index contributed by atoms with van der Waals surface area (Å²) in [5.74, 6) is 0. The van der Waals surface area contributed by atoms with Crippen molar-refractivity contribution in [1.29, 1.82) is 0 Å². The quantitative estimate of drug-likeness (QED) is 0.267. The van der Waals surface area contributed by atoms with Crippen molar-refractivity contribution in [2.24, 2.45) is 0 Å². The average Bonchev–Trinajstić information content (AvgIpc) is 2.78. The molecular weight excluding hydrogens is 452 g/mol. The predicted octanol–water partition coefficient (Wildman–Crippen LogP) is 11.6. The van der Waals surface area contributed by atoms with Gasteiger partial charge in [-0.05, 0) is 63.1 Å². The molecule has 0 unspecified atom stereocenters. The molecule has 36 heavy (non-hydrogen) atoms. The van der Waals surface area contributed by atoms with Crippen LogP contribution in [0.3, 0.4) is 0 Å². The Morgan fingerprint density at radius 3 is 0.861 bits per heavy atom. The summed E-state index contributed by atoms with van der Waals surface area (Å²) in [5.41, 5.74) is 8.05. The first-order chi connectivity index (χ1) is 15.2. The average molecular weight is 503 g/mol. The topological polar surface area (TPSA) is 0 Å². The minimum absolute atomic E-state index is 0. The molecule has 0 fully saturated rings. The molecule has 0 saturated heterocycles. The van der Waals surface area contributed by atoms with E-state index in [0.717, 1.165) is 0 Å². The van der Waals surface area contributed by atoms with E-state index in [1.165, 1.54) is 43.2 Å². The van der Waals surface area contributed by atoms with Gasteiger partial charge in [0.05, 0.1) is 0 Å². The van der Waals surface area contributed by atoms with Crippen molar-refractivity contribution < 1.29 is 0 Å². The van der Waals surface area contributed by atoms with E-state index in [1.54, 1.807) is 11.8 Å². The van der Waals surface area contributed by atoms with E-state index in [2.05, 4.69) is 139 Å². The Labute approximate surface area is 228 Å². The van der Waals surface area contributed by atoms with E-state index < -0.39 is 0 Å². The molecule has 4 rings (SSSR count). The molecule has 4 aromatic rings. The Morgan fingerprint density at radius 1 is 0.389 bits per heavy atom. The van der Waals surface area contributed by atoms with Gasteiger partial charge in [0.1, 0.15) is 0 Å². The largest absolute Gasteiger partial charge is 0.0901 e. The van der Waals surface area contributed by atoms with Crippen molar-refractivity contribution in [2.45, 2.75) is 86.5 Å². The summed E-state index contributed by atoms with van der Waals surface area (Å²) >= 11 is 1.80. The minimum Gasteiger partial charge on any atom is -0.0901 e. The van der Waals surface area contributed by atoms with Crippen LogP contribution in [0.1, 0.15) is 76.9 Å². The van der Waals surface area contributed by atoms with E-state index in [9.17, 15) is 0 Å². The second-order valence-electron chi connectivity index (χ2n) is 9.09. The lowest BCUT2D eigenvalue weighted by atomic mass is 9.78.